The van der Waals surface area contributed by atoms with Gasteiger partial charge in [-0.3, -0.25) is 5.32 Å². The second kappa shape index (κ2) is 8.86. The van der Waals surface area contributed by atoms with Crippen LogP contribution in [0.2, 0.25) is 0 Å². The van der Waals surface area contributed by atoms with Crippen molar-refractivity contribution in [2.24, 2.45) is 0 Å². The standard InChI is InChI=1S/C22H26N2O5/c1-22(2,3)29-21(26)24-11-12-27-19-10-9-18(13-17(19)14-24)23-20(25)28-15-16-7-5-4-6-8-16/h4-10,13H,11-12,14-15H2,1-3H3,(H,23,25). The second-order valence-electron chi connectivity index (χ2n) is 7.76. The van der Waals surface area contributed by atoms with Crippen LogP contribution in [0.15, 0.2) is 48.5 Å². The van der Waals surface area contributed by atoms with Gasteiger partial charge in [0.05, 0.1) is 13.1 Å². The van der Waals surface area contributed by atoms with Gasteiger partial charge in [-0.05, 0) is 44.5 Å². The van der Waals surface area contributed by atoms with Crippen LogP contribution in [0.4, 0.5) is 15.3 Å². The lowest BCUT2D eigenvalue weighted by atomic mass is 10.1. The van der Waals surface area contributed by atoms with Crippen molar-refractivity contribution < 1.29 is 23.8 Å². The number of anilines is 1. The first-order valence-corrected chi connectivity index (χ1v) is 9.51. The number of amides is 2. The molecule has 3 rings (SSSR count). The molecule has 7 heteroatoms. The maximum absolute atomic E-state index is 12.4. The van der Waals surface area contributed by atoms with Crippen LogP contribution >= 0.6 is 0 Å². The van der Waals surface area contributed by atoms with Crippen LogP contribution in [0.25, 0.3) is 0 Å². The Bertz CT molecular complexity index is 861. The van der Waals surface area contributed by atoms with E-state index in [-0.39, 0.29) is 6.61 Å². The Balaban J connectivity index is 1.63. The third-order valence-electron chi connectivity index (χ3n) is 4.15. The minimum atomic E-state index is -0.570. The van der Waals surface area contributed by atoms with E-state index in [0.29, 0.717) is 31.1 Å². The molecule has 0 spiro atoms. The van der Waals surface area contributed by atoms with Gasteiger partial charge >= 0.3 is 12.2 Å². The van der Waals surface area contributed by atoms with Gasteiger partial charge in [0, 0.05) is 11.3 Å². The second-order valence-corrected chi connectivity index (χ2v) is 7.76. The van der Waals surface area contributed by atoms with Gasteiger partial charge in [0.25, 0.3) is 0 Å². The molecule has 2 amide bonds. The number of carbonyl (C=O) groups excluding carboxylic acids is 2. The minimum Gasteiger partial charge on any atom is -0.491 e. The number of fused-ring (bicyclic) bond motifs is 1. The highest BCUT2D eigenvalue weighted by molar-refractivity contribution is 5.85. The normalized spacial score (nSPS) is 13.6. The number of benzene rings is 2. The van der Waals surface area contributed by atoms with E-state index in [1.165, 1.54) is 0 Å². The summed E-state index contributed by atoms with van der Waals surface area (Å²) in [5.74, 6) is 0.680. The average molecular weight is 398 g/mol. The molecular weight excluding hydrogens is 372 g/mol. The number of hydrogen-bond acceptors (Lipinski definition) is 5. The largest absolute Gasteiger partial charge is 0.491 e. The fourth-order valence-electron chi connectivity index (χ4n) is 2.83. The number of rotatable bonds is 3. The van der Waals surface area contributed by atoms with Gasteiger partial charge in [0.15, 0.2) is 0 Å². The van der Waals surface area contributed by atoms with Crippen LogP contribution in [0, 0.1) is 0 Å². The van der Waals surface area contributed by atoms with Gasteiger partial charge in [0.2, 0.25) is 0 Å². The molecule has 0 radical (unpaired) electrons. The molecule has 0 aliphatic carbocycles. The molecule has 2 aromatic carbocycles. The Labute approximate surface area is 170 Å². The quantitative estimate of drug-likeness (QED) is 0.820. The number of nitrogens with zero attached hydrogens (tertiary/aromatic N) is 1. The van der Waals surface area contributed by atoms with E-state index < -0.39 is 17.8 Å². The summed E-state index contributed by atoms with van der Waals surface area (Å²) in [5, 5.41) is 2.71. The van der Waals surface area contributed by atoms with Crippen molar-refractivity contribution in [2.75, 3.05) is 18.5 Å². The van der Waals surface area contributed by atoms with E-state index in [9.17, 15) is 9.59 Å². The summed E-state index contributed by atoms with van der Waals surface area (Å²) in [6.07, 6.45) is -0.943. The topological polar surface area (TPSA) is 77.1 Å². The van der Waals surface area contributed by atoms with E-state index in [0.717, 1.165) is 11.1 Å². The monoisotopic (exact) mass is 398 g/mol. The third-order valence-corrected chi connectivity index (χ3v) is 4.15. The van der Waals surface area contributed by atoms with E-state index in [4.69, 9.17) is 14.2 Å². The SMILES string of the molecule is CC(C)(C)OC(=O)N1CCOc2ccc(NC(=O)OCc3ccccc3)cc2C1. The van der Waals surface area contributed by atoms with Crippen LogP contribution in [-0.2, 0) is 22.6 Å². The maximum atomic E-state index is 12.4. The van der Waals surface area contributed by atoms with Crippen molar-refractivity contribution in [3.05, 3.63) is 59.7 Å². The van der Waals surface area contributed by atoms with Crippen LogP contribution < -0.4 is 10.1 Å². The molecule has 0 bridgehead atoms. The third kappa shape index (κ3) is 6.14. The summed E-state index contributed by atoms with van der Waals surface area (Å²) < 4.78 is 16.4. The lowest BCUT2D eigenvalue weighted by molar-refractivity contribution is 0.0225. The van der Waals surface area contributed by atoms with Gasteiger partial charge in [-0.25, -0.2) is 9.59 Å². The fourth-order valence-corrected chi connectivity index (χ4v) is 2.83. The van der Waals surface area contributed by atoms with E-state index in [1.54, 1.807) is 23.1 Å². The molecule has 0 atom stereocenters. The van der Waals surface area contributed by atoms with E-state index in [2.05, 4.69) is 5.32 Å². The van der Waals surface area contributed by atoms with Gasteiger partial charge in [-0.2, -0.15) is 0 Å². The van der Waals surface area contributed by atoms with Crippen molar-refractivity contribution in [1.82, 2.24) is 4.90 Å². The predicted octanol–water partition coefficient (Wildman–Crippen LogP) is 4.56. The van der Waals surface area contributed by atoms with Crippen molar-refractivity contribution in [3.63, 3.8) is 0 Å². The molecule has 2 aromatic rings. The molecule has 1 aliphatic rings. The number of carbonyl (C=O) groups is 2. The summed E-state index contributed by atoms with van der Waals surface area (Å²) in [4.78, 5) is 26.1. The Morgan fingerprint density at radius 3 is 2.62 bits per heavy atom. The molecule has 29 heavy (non-hydrogen) atoms. The van der Waals surface area contributed by atoms with Crippen molar-refractivity contribution in [1.29, 1.82) is 0 Å². The molecule has 0 saturated heterocycles. The van der Waals surface area contributed by atoms with Crippen LogP contribution in [0.3, 0.4) is 0 Å². The molecule has 1 aliphatic heterocycles. The smallest absolute Gasteiger partial charge is 0.411 e. The molecular formula is C22H26N2O5. The zero-order valence-corrected chi connectivity index (χ0v) is 16.9. The number of hydrogen-bond donors (Lipinski definition) is 1. The van der Waals surface area contributed by atoms with E-state index in [1.807, 2.05) is 51.1 Å². The lowest BCUT2D eigenvalue weighted by Crippen LogP contribution is -2.37. The van der Waals surface area contributed by atoms with Crippen LogP contribution in [0.1, 0.15) is 31.9 Å². The molecule has 1 heterocycles. The number of ether oxygens (including phenoxy) is 3. The summed E-state index contributed by atoms with van der Waals surface area (Å²) in [6.45, 7) is 6.80. The summed E-state index contributed by atoms with van der Waals surface area (Å²) >= 11 is 0. The highest BCUT2D eigenvalue weighted by atomic mass is 16.6. The Kier molecular flexibility index (Phi) is 6.26. The van der Waals surface area contributed by atoms with Gasteiger partial charge in [0.1, 0.15) is 24.6 Å². The summed E-state index contributed by atoms with van der Waals surface area (Å²) in [6, 6.07) is 14.8. The Morgan fingerprint density at radius 2 is 1.90 bits per heavy atom. The molecule has 1 N–H and O–H groups in total. The zero-order valence-electron chi connectivity index (χ0n) is 16.9. The maximum Gasteiger partial charge on any atom is 0.411 e. The number of nitrogens with one attached hydrogen (secondary N) is 1. The average Bonchev–Trinajstić information content (AvgIpc) is 2.88. The highest BCUT2D eigenvalue weighted by Crippen LogP contribution is 2.27. The first kappa shape index (κ1) is 20.5. The molecule has 0 aromatic heterocycles. The van der Waals surface area contributed by atoms with Crippen LogP contribution in [-0.4, -0.2) is 35.8 Å². The summed E-state index contributed by atoms with van der Waals surface area (Å²) in [5.41, 5.74) is 1.69. The van der Waals surface area contributed by atoms with Gasteiger partial charge < -0.3 is 19.1 Å². The minimum absolute atomic E-state index is 0.188. The lowest BCUT2D eigenvalue weighted by Gasteiger charge is -2.26. The molecule has 0 saturated carbocycles. The molecule has 0 unspecified atom stereocenters. The highest BCUT2D eigenvalue weighted by Gasteiger charge is 2.25. The van der Waals surface area contributed by atoms with Crippen molar-refractivity contribution in [3.8, 4) is 5.75 Å². The van der Waals surface area contributed by atoms with Gasteiger partial charge in [-0.15, -0.1) is 0 Å². The fraction of sp³-hybridized carbons (Fsp3) is 0.364. The predicted molar refractivity (Wildman–Crippen MR) is 109 cm³/mol. The first-order chi connectivity index (χ1) is 13.8. The molecule has 154 valence electrons. The summed E-state index contributed by atoms with van der Waals surface area (Å²) in [7, 11) is 0. The van der Waals surface area contributed by atoms with Crippen molar-refractivity contribution >= 4 is 17.9 Å². The van der Waals surface area contributed by atoms with Crippen LogP contribution in [0.5, 0.6) is 5.75 Å². The first-order valence-electron chi connectivity index (χ1n) is 9.51. The molecule has 0 fully saturated rings. The van der Waals surface area contributed by atoms with Gasteiger partial charge in [-0.1, -0.05) is 30.3 Å². The Hall–Kier alpha value is -3.22. The molecule has 7 nitrogen and oxygen atoms in total. The van der Waals surface area contributed by atoms with Crippen molar-refractivity contribution in [2.45, 2.75) is 39.5 Å². The Morgan fingerprint density at radius 1 is 1.14 bits per heavy atom. The van der Waals surface area contributed by atoms with E-state index >= 15 is 0 Å². The zero-order chi connectivity index (χ0) is 20.9.